The minimum Gasteiger partial charge on any atom is -0.462 e. The van der Waals surface area contributed by atoms with Gasteiger partial charge in [-0.15, -0.1) is 0 Å². The molecular weight excluding hydrogens is 324 g/mol. The van der Waals surface area contributed by atoms with E-state index < -0.39 is 0 Å². The van der Waals surface area contributed by atoms with Gasteiger partial charge in [-0.2, -0.15) is 0 Å². The fourth-order valence-corrected chi connectivity index (χ4v) is 2.63. The van der Waals surface area contributed by atoms with Crippen molar-refractivity contribution in [3.05, 3.63) is 76.9 Å². The van der Waals surface area contributed by atoms with E-state index in [1.807, 2.05) is 30.3 Å². The fraction of sp³-hybridized carbons (Fsp3) is 0.304. The zero-order valence-electron chi connectivity index (χ0n) is 15.7. The molecule has 0 heterocycles. The van der Waals surface area contributed by atoms with Crippen molar-refractivity contribution in [2.24, 2.45) is 5.92 Å². The normalized spacial score (nSPS) is 11.5. The maximum absolute atomic E-state index is 12.4. The maximum Gasteiger partial charge on any atom is 0.333 e. The van der Waals surface area contributed by atoms with Gasteiger partial charge in [0, 0.05) is 16.7 Å². The monoisotopic (exact) mass is 350 g/mol. The first-order valence-electron chi connectivity index (χ1n) is 9.10. The van der Waals surface area contributed by atoms with E-state index in [-0.39, 0.29) is 11.8 Å². The van der Waals surface area contributed by atoms with Crippen LogP contribution in [0.2, 0.25) is 0 Å². The molecule has 2 aromatic rings. The molecule has 0 bridgehead atoms. The van der Waals surface area contributed by atoms with Crippen LogP contribution in [-0.4, -0.2) is 18.4 Å². The van der Waals surface area contributed by atoms with Crippen LogP contribution in [0.25, 0.3) is 6.08 Å². The van der Waals surface area contributed by atoms with Gasteiger partial charge < -0.3 is 4.74 Å². The largest absolute Gasteiger partial charge is 0.462 e. The first kappa shape index (κ1) is 19.6. The molecule has 0 aromatic heterocycles. The number of ketones is 1. The molecule has 136 valence electrons. The number of hydrogen-bond acceptors (Lipinski definition) is 3. The summed E-state index contributed by atoms with van der Waals surface area (Å²) in [5.74, 6) is 0.110. The van der Waals surface area contributed by atoms with E-state index in [9.17, 15) is 9.59 Å². The SMILES string of the molecule is CCC(CC)COC(=O)/C(C)=C/c1ccc(C(=O)c2ccccc2)cc1. The van der Waals surface area contributed by atoms with E-state index in [1.165, 1.54) is 0 Å². The van der Waals surface area contributed by atoms with Gasteiger partial charge in [0.25, 0.3) is 0 Å². The molecule has 0 saturated heterocycles. The molecular formula is C23H26O3. The predicted octanol–water partition coefficient (Wildman–Crippen LogP) is 5.30. The second kappa shape index (κ2) is 9.71. The Kier molecular flexibility index (Phi) is 7.34. The third-order valence-electron chi connectivity index (χ3n) is 4.52. The molecule has 0 fully saturated rings. The Morgan fingerprint density at radius 3 is 2.08 bits per heavy atom. The van der Waals surface area contributed by atoms with E-state index in [4.69, 9.17) is 4.74 Å². The summed E-state index contributed by atoms with van der Waals surface area (Å²) in [5, 5.41) is 0. The van der Waals surface area contributed by atoms with Crippen molar-refractivity contribution < 1.29 is 14.3 Å². The quantitative estimate of drug-likeness (QED) is 0.368. The molecule has 0 unspecified atom stereocenters. The van der Waals surface area contributed by atoms with Crippen molar-refractivity contribution in [2.45, 2.75) is 33.6 Å². The number of rotatable bonds is 8. The van der Waals surface area contributed by atoms with Crippen molar-refractivity contribution >= 4 is 17.8 Å². The molecule has 0 aliphatic rings. The lowest BCUT2D eigenvalue weighted by Gasteiger charge is -2.12. The Hall–Kier alpha value is -2.68. The first-order chi connectivity index (χ1) is 12.5. The molecule has 0 aliphatic heterocycles. The Morgan fingerprint density at radius 2 is 1.50 bits per heavy atom. The number of ether oxygens (including phenoxy) is 1. The van der Waals surface area contributed by atoms with Crippen LogP contribution in [0.3, 0.4) is 0 Å². The molecule has 0 amide bonds. The maximum atomic E-state index is 12.4. The summed E-state index contributed by atoms with van der Waals surface area (Å²) in [5.41, 5.74) is 2.71. The summed E-state index contributed by atoms with van der Waals surface area (Å²) >= 11 is 0. The third-order valence-corrected chi connectivity index (χ3v) is 4.52. The number of carbonyl (C=O) groups is 2. The zero-order valence-corrected chi connectivity index (χ0v) is 15.7. The van der Waals surface area contributed by atoms with E-state index >= 15 is 0 Å². The Labute approximate surface area is 155 Å². The summed E-state index contributed by atoms with van der Waals surface area (Å²) in [7, 11) is 0. The fourth-order valence-electron chi connectivity index (χ4n) is 2.63. The van der Waals surface area contributed by atoms with Crippen molar-refractivity contribution in [2.75, 3.05) is 6.61 Å². The Bertz CT molecular complexity index is 754. The van der Waals surface area contributed by atoms with Gasteiger partial charge >= 0.3 is 5.97 Å². The third kappa shape index (κ3) is 5.41. The summed E-state index contributed by atoms with van der Waals surface area (Å²) in [4.78, 5) is 24.5. The van der Waals surface area contributed by atoms with Crippen LogP contribution in [0, 0.1) is 5.92 Å². The van der Waals surface area contributed by atoms with Gasteiger partial charge in [-0.05, 0) is 24.5 Å². The highest BCUT2D eigenvalue weighted by Crippen LogP contribution is 2.14. The van der Waals surface area contributed by atoms with Gasteiger partial charge in [-0.25, -0.2) is 4.79 Å². The number of hydrogen-bond donors (Lipinski definition) is 0. The predicted molar refractivity (Wildman–Crippen MR) is 105 cm³/mol. The highest BCUT2D eigenvalue weighted by atomic mass is 16.5. The molecule has 0 spiro atoms. The lowest BCUT2D eigenvalue weighted by Crippen LogP contribution is -2.13. The van der Waals surface area contributed by atoms with Crippen LogP contribution in [0.4, 0.5) is 0 Å². The summed E-state index contributed by atoms with van der Waals surface area (Å²) in [6.45, 7) is 6.41. The van der Waals surface area contributed by atoms with E-state index in [1.54, 1.807) is 37.3 Å². The molecule has 0 radical (unpaired) electrons. The van der Waals surface area contributed by atoms with Crippen LogP contribution in [0.15, 0.2) is 60.2 Å². The van der Waals surface area contributed by atoms with Gasteiger partial charge in [-0.1, -0.05) is 81.3 Å². The molecule has 3 heteroatoms. The van der Waals surface area contributed by atoms with E-state index in [2.05, 4.69) is 13.8 Å². The van der Waals surface area contributed by atoms with E-state index in [0.717, 1.165) is 18.4 Å². The minimum absolute atomic E-state index is 0.0116. The van der Waals surface area contributed by atoms with E-state index in [0.29, 0.717) is 29.2 Å². The molecule has 2 aromatic carbocycles. The number of carbonyl (C=O) groups excluding carboxylic acids is 2. The van der Waals surface area contributed by atoms with Crippen LogP contribution in [0.5, 0.6) is 0 Å². The van der Waals surface area contributed by atoms with Crippen molar-refractivity contribution in [3.8, 4) is 0 Å². The average Bonchev–Trinajstić information content (AvgIpc) is 2.69. The summed E-state index contributed by atoms with van der Waals surface area (Å²) in [6.07, 6.45) is 3.79. The van der Waals surface area contributed by atoms with Crippen molar-refractivity contribution in [3.63, 3.8) is 0 Å². The van der Waals surface area contributed by atoms with Crippen molar-refractivity contribution in [1.82, 2.24) is 0 Å². The highest BCUT2D eigenvalue weighted by molar-refractivity contribution is 6.09. The molecule has 3 nitrogen and oxygen atoms in total. The van der Waals surface area contributed by atoms with Crippen LogP contribution < -0.4 is 0 Å². The van der Waals surface area contributed by atoms with Gasteiger partial charge in [0.15, 0.2) is 5.78 Å². The van der Waals surface area contributed by atoms with Gasteiger partial charge in [0.2, 0.25) is 0 Å². The minimum atomic E-state index is -0.290. The highest BCUT2D eigenvalue weighted by Gasteiger charge is 2.11. The lowest BCUT2D eigenvalue weighted by atomic mass is 10.0. The Balaban J connectivity index is 2.02. The molecule has 26 heavy (non-hydrogen) atoms. The average molecular weight is 350 g/mol. The topological polar surface area (TPSA) is 43.4 Å². The molecule has 0 N–H and O–H groups in total. The molecule has 2 rings (SSSR count). The lowest BCUT2D eigenvalue weighted by molar-refractivity contribution is -0.140. The smallest absolute Gasteiger partial charge is 0.333 e. The van der Waals surface area contributed by atoms with Crippen molar-refractivity contribution in [1.29, 1.82) is 0 Å². The van der Waals surface area contributed by atoms with Crippen LogP contribution in [0.1, 0.15) is 55.1 Å². The Morgan fingerprint density at radius 1 is 0.923 bits per heavy atom. The number of esters is 1. The summed E-state index contributed by atoms with van der Waals surface area (Å²) < 4.78 is 5.38. The van der Waals surface area contributed by atoms with Gasteiger partial charge in [-0.3, -0.25) is 4.79 Å². The molecule has 0 aliphatic carbocycles. The standard InChI is InChI=1S/C23H26O3/c1-4-18(5-2)16-26-23(25)17(3)15-19-11-13-21(14-12-19)22(24)20-9-7-6-8-10-20/h6-15,18H,4-5,16H2,1-3H3/b17-15+. The van der Waals surface area contributed by atoms with Crippen LogP contribution in [-0.2, 0) is 9.53 Å². The van der Waals surface area contributed by atoms with Gasteiger partial charge in [0.1, 0.15) is 0 Å². The van der Waals surface area contributed by atoms with Gasteiger partial charge in [0.05, 0.1) is 6.61 Å². The molecule has 0 atom stereocenters. The zero-order chi connectivity index (χ0) is 18.9. The second-order valence-electron chi connectivity index (χ2n) is 6.43. The number of benzene rings is 2. The molecule has 0 saturated carbocycles. The second-order valence-corrected chi connectivity index (χ2v) is 6.43. The van der Waals surface area contributed by atoms with Crippen LogP contribution >= 0.6 is 0 Å². The summed E-state index contributed by atoms with van der Waals surface area (Å²) in [6, 6.07) is 16.4. The first-order valence-corrected chi connectivity index (χ1v) is 9.10.